The van der Waals surface area contributed by atoms with Gasteiger partial charge >= 0.3 is 6.18 Å². The van der Waals surface area contributed by atoms with E-state index in [2.05, 4.69) is 10.6 Å². The largest absolute Gasteiger partial charge is 0.407 e. The van der Waals surface area contributed by atoms with E-state index in [9.17, 15) is 31.2 Å². The van der Waals surface area contributed by atoms with Crippen LogP contribution >= 0.6 is 0 Å². The maximum absolute atomic E-state index is 14.1. The molecule has 3 unspecified atom stereocenters. The van der Waals surface area contributed by atoms with E-state index in [0.29, 0.717) is 11.1 Å². The molecule has 0 aliphatic rings. The Kier molecular flexibility index (Phi) is 9.83. The lowest BCUT2D eigenvalue weighted by Gasteiger charge is -2.29. The number of hydrogen-bond acceptors (Lipinski definition) is 6. The van der Waals surface area contributed by atoms with Gasteiger partial charge < -0.3 is 11.1 Å². The molecule has 0 bridgehead atoms. The second-order valence-electron chi connectivity index (χ2n) is 9.10. The third kappa shape index (κ3) is 8.87. The van der Waals surface area contributed by atoms with Crippen molar-refractivity contribution in [3.05, 3.63) is 54.1 Å². The molecule has 4 N–H and O–H groups in total. The van der Waals surface area contributed by atoms with E-state index in [0.717, 1.165) is 6.26 Å². The number of benzene rings is 2. The third-order valence-electron chi connectivity index (χ3n) is 5.46. The Labute approximate surface area is 214 Å². The van der Waals surface area contributed by atoms with Gasteiger partial charge in [-0.1, -0.05) is 50.2 Å². The van der Waals surface area contributed by atoms with Crippen LogP contribution in [0, 0.1) is 17.2 Å². The van der Waals surface area contributed by atoms with Crippen molar-refractivity contribution in [2.75, 3.05) is 6.26 Å². The molecule has 8 nitrogen and oxygen atoms in total. The maximum Gasteiger partial charge on any atom is 0.407 e. The number of carbonyl (C=O) groups excluding carboxylic acids is 2. The van der Waals surface area contributed by atoms with E-state index in [1.54, 1.807) is 32.0 Å². The highest BCUT2D eigenvalue weighted by Crippen LogP contribution is 2.34. The second kappa shape index (κ2) is 12.2. The predicted molar refractivity (Wildman–Crippen MR) is 132 cm³/mol. The quantitative estimate of drug-likeness (QED) is 0.401. The zero-order valence-corrected chi connectivity index (χ0v) is 21.4. The Morgan fingerprint density at radius 2 is 1.54 bits per heavy atom. The van der Waals surface area contributed by atoms with Crippen molar-refractivity contribution in [1.29, 1.82) is 5.26 Å². The third-order valence-corrected chi connectivity index (χ3v) is 6.58. The van der Waals surface area contributed by atoms with Crippen molar-refractivity contribution in [3.63, 3.8) is 0 Å². The Hall–Kier alpha value is -3.43. The van der Waals surface area contributed by atoms with Crippen molar-refractivity contribution in [1.82, 2.24) is 10.6 Å². The van der Waals surface area contributed by atoms with Gasteiger partial charge in [0.25, 0.3) is 0 Å². The van der Waals surface area contributed by atoms with Crippen LogP contribution in [-0.2, 0) is 19.4 Å². The summed E-state index contributed by atoms with van der Waals surface area (Å²) in [6.07, 6.45) is -4.11. The highest BCUT2D eigenvalue weighted by atomic mass is 32.2. The van der Waals surface area contributed by atoms with E-state index in [1.165, 1.54) is 36.4 Å². The Morgan fingerprint density at radius 1 is 1.03 bits per heavy atom. The molecule has 200 valence electrons. The number of rotatable bonds is 11. The Bertz CT molecular complexity index is 1240. The van der Waals surface area contributed by atoms with Crippen LogP contribution < -0.4 is 16.4 Å². The van der Waals surface area contributed by atoms with Crippen LogP contribution in [0.3, 0.4) is 0 Å². The molecule has 2 rings (SSSR count). The van der Waals surface area contributed by atoms with Crippen LogP contribution in [0.5, 0.6) is 0 Å². The molecule has 3 atom stereocenters. The summed E-state index contributed by atoms with van der Waals surface area (Å²) in [4.78, 5) is 24.0. The topological polar surface area (TPSA) is 142 Å². The number of nitrogens with one attached hydrogen (secondary N) is 2. The van der Waals surface area contributed by atoms with Crippen molar-refractivity contribution >= 4 is 21.7 Å². The van der Waals surface area contributed by atoms with Crippen molar-refractivity contribution in [3.8, 4) is 17.2 Å². The summed E-state index contributed by atoms with van der Waals surface area (Å²) in [5.41, 5.74) is 6.11. The van der Waals surface area contributed by atoms with Crippen LogP contribution in [0.1, 0.15) is 38.3 Å². The monoisotopic (exact) mass is 538 g/mol. The minimum Gasteiger partial charge on any atom is -0.370 e. The summed E-state index contributed by atoms with van der Waals surface area (Å²) in [5.74, 6) is -1.84. The first-order chi connectivity index (χ1) is 17.1. The number of nitrogens with zero attached hydrogens (tertiary/aromatic N) is 1. The van der Waals surface area contributed by atoms with E-state index in [-0.39, 0.29) is 22.8 Å². The molecule has 12 heteroatoms. The molecule has 0 radical (unpaired) electrons. The minimum atomic E-state index is -4.75. The number of sulfone groups is 1. The molecule has 2 aromatic rings. The van der Waals surface area contributed by atoms with Gasteiger partial charge in [-0.25, -0.2) is 8.42 Å². The number of amides is 2. The van der Waals surface area contributed by atoms with E-state index < -0.39 is 52.4 Å². The number of nitriles is 1. The van der Waals surface area contributed by atoms with E-state index >= 15 is 0 Å². The second-order valence-corrected chi connectivity index (χ2v) is 11.1. The van der Waals surface area contributed by atoms with Crippen LogP contribution in [0.15, 0.2) is 53.4 Å². The zero-order valence-electron chi connectivity index (χ0n) is 20.5. The summed E-state index contributed by atoms with van der Waals surface area (Å²) < 4.78 is 65.5. The number of nitrogens with two attached hydrogens (primary N) is 1. The summed E-state index contributed by atoms with van der Waals surface area (Å²) in [6, 6.07) is 8.40. The summed E-state index contributed by atoms with van der Waals surface area (Å²) >= 11 is 0. The Balaban J connectivity index is 2.31. The standard InChI is InChI=1S/C25H29F3N4O4S/c1-15(2)12-21(24(34)31-19(14-29)13-22(30)33)32-23(25(26,27)28)18-6-4-16(5-7-18)17-8-10-20(11-9-17)37(3,35)36/h4-11,15,19,21,23,32H,12-13H2,1-3H3,(H2,30,33)(H,31,34). The lowest BCUT2D eigenvalue weighted by molar-refractivity contribution is -0.161. The molecule has 0 aliphatic heterocycles. The lowest BCUT2D eigenvalue weighted by atomic mass is 9.97. The van der Waals surface area contributed by atoms with Gasteiger partial charge in [-0.2, -0.15) is 18.4 Å². The fourth-order valence-electron chi connectivity index (χ4n) is 3.67. The summed E-state index contributed by atoms with van der Waals surface area (Å²) in [6.45, 7) is 3.47. The van der Waals surface area contributed by atoms with Crippen LogP contribution in [-0.4, -0.2) is 44.7 Å². The molecule has 0 saturated heterocycles. The molecular formula is C25H29F3N4O4S. The average Bonchev–Trinajstić information content (AvgIpc) is 2.79. The number of hydrogen-bond donors (Lipinski definition) is 3. The molecule has 2 aromatic carbocycles. The number of carbonyl (C=O) groups is 2. The summed E-state index contributed by atoms with van der Waals surface area (Å²) in [7, 11) is -3.39. The fraction of sp³-hybridized carbons (Fsp3) is 0.400. The number of alkyl halides is 3. The van der Waals surface area contributed by atoms with Gasteiger partial charge in [0.15, 0.2) is 9.84 Å². The molecule has 0 heterocycles. The van der Waals surface area contributed by atoms with Gasteiger partial charge in [-0.3, -0.25) is 14.9 Å². The average molecular weight is 539 g/mol. The molecule has 2 amide bonds. The first-order valence-corrected chi connectivity index (χ1v) is 13.2. The number of halogens is 3. The highest BCUT2D eigenvalue weighted by molar-refractivity contribution is 7.90. The lowest BCUT2D eigenvalue weighted by Crippen LogP contribution is -2.52. The van der Waals surface area contributed by atoms with Gasteiger partial charge in [-0.15, -0.1) is 0 Å². The fourth-order valence-corrected chi connectivity index (χ4v) is 4.30. The predicted octanol–water partition coefficient (Wildman–Crippen LogP) is 3.25. The molecule has 0 spiro atoms. The zero-order chi connectivity index (χ0) is 28.0. The van der Waals surface area contributed by atoms with Crippen LogP contribution in [0.2, 0.25) is 0 Å². The van der Waals surface area contributed by atoms with Crippen LogP contribution in [0.4, 0.5) is 13.2 Å². The van der Waals surface area contributed by atoms with Gasteiger partial charge in [0.2, 0.25) is 11.8 Å². The van der Waals surface area contributed by atoms with Gasteiger partial charge in [-0.05, 0) is 41.2 Å². The molecular weight excluding hydrogens is 509 g/mol. The van der Waals surface area contributed by atoms with Crippen molar-refractivity contribution in [2.45, 2.75) is 55.9 Å². The first-order valence-electron chi connectivity index (χ1n) is 11.3. The number of primary amides is 1. The van der Waals surface area contributed by atoms with Crippen molar-refractivity contribution < 1.29 is 31.2 Å². The van der Waals surface area contributed by atoms with Crippen LogP contribution in [0.25, 0.3) is 11.1 Å². The highest BCUT2D eigenvalue weighted by Gasteiger charge is 2.43. The van der Waals surface area contributed by atoms with E-state index in [1.807, 2.05) is 0 Å². The van der Waals surface area contributed by atoms with E-state index in [4.69, 9.17) is 11.0 Å². The molecule has 0 saturated carbocycles. The smallest absolute Gasteiger partial charge is 0.370 e. The van der Waals surface area contributed by atoms with Gasteiger partial charge in [0.1, 0.15) is 12.1 Å². The molecule has 37 heavy (non-hydrogen) atoms. The SMILES string of the molecule is CC(C)CC(NC(c1ccc(-c2ccc(S(C)(=O)=O)cc2)cc1)C(F)(F)F)C(=O)NC(C#N)CC(N)=O. The summed E-state index contributed by atoms with van der Waals surface area (Å²) in [5, 5.41) is 13.8. The normalized spacial score (nSPS) is 14.4. The van der Waals surface area contributed by atoms with Gasteiger partial charge in [0.05, 0.1) is 23.4 Å². The maximum atomic E-state index is 14.1. The first kappa shape index (κ1) is 29.8. The van der Waals surface area contributed by atoms with Crippen molar-refractivity contribution in [2.24, 2.45) is 11.7 Å². The minimum absolute atomic E-state index is 0.0396. The Morgan fingerprint density at radius 3 is 1.95 bits per heavy atom. The molecule has 0 aromatic heterocycles. The van der Waals surface area contributed by atoms with Gasteiger partial charge in [0, 0.05) is 6.26 Å². The molecule has 0 fully saturated rings. The molecule has 0 aliphatic carbocycles.